The van der Waals surface area contributed by atoms with Gasteiger partial charge >= 0.3 is 5.97 Å². The quantitative estimate of drug-likeness (QED) is 0.415. The smallest absolute Gasteiger partial charge is 0.326 e. The standard InChI is InChI=1S/C24H27FN4O3/c1-15(2)11-21(23(30)31)28-24-27-19(12-16-7-9-20(32-3)10-8-16)14-22(29-24)26-18-6-4-5-17(25)13-18/h4-10,13-15,21H,11-12H2,1-3H3,(H,30,31)(H2,26,27,28,29)/t21-/m0/s1. The van der Waals surface area contributed by atoms with Gasteiger partial charge in [-0.3, -0.25) is 0 Å². The maximum atomic E-state index is 13.6. The zero-order chi connectivity index (χ0) is 23.1. The van der Waals surface area contributed by atoms with E-state index in [0.717, 1.165) is 11.3 Å². The molecule has 0 aliphatic carbocycles. The van der Waals surface area contributed by atoms with Gasteiger partial charge < -0.3 is 20.5 Å². The van der Waals surface area contributed by atoms with Crippen LogP contribution in [0.3, 0.4) is 0 Å². The van der Waals surface area contributed by atoms with Gasteiger partial charge in [0.15, 0.2) is 0 Å². The molecule has 0 spiro atoms. The average molecular weight is 439 g/mol. The number of nitrogens with one attached hydrogen (secondary N) is 2. The summed E-state index contributed by atoms with van der Waals surface area (Å²) in [4.78, 5) is 20.6. The normalized spacial score (nSPS) is 11.8. The fourth-order valence-electron chi connectivity index (χ4n) is 3.23. The van der Waals surface area contributed by atoms with E-state index in [2.05, 4.69) is 20.6 Å². The van der Waals surface area contributed by atoms with Crippen LogP contribution in [-0.4, -0.2) is 34.2 Å². The first-order chi connectivity index (χ1) is 15.3. The third-order valence-corrected chi connectivity index (χ3v) is 4.73. The number of aromatic nitrogens is 2. The van der Waals surface area contributed by atoms with Crippen molar-refractivity contribution in [1.29, 1.82) is 0 Å². The Morgan fingerprint density at radius 1 is 1.12 bits per heavy atom. The molecule has 1 atom stereocenters. The summed E-state index contributed by atoms with van der Waals surface area (Å²) in [5.41, 5.74) is 2.21. The molecule has 1 aromatic heterocycles. The number of nitrogens with zero attached hydrogens (tertiary/aromatic N) is 2. The lowest BCUT2D eigenvalue weighted by Crippen LogP contribution is -2.31. The van der Waals surface area contributed by atoms with Gasteiger partial charge in [0.2, 0.25) is 5.95 Å². The molecule has 0 saturated heterocycles. The second-order valence-corrected chi connectivity index (χ2v) is 7.89. The monoisotopic (exact) mass is 438 g/mol. The van der Waals surface area contributed by atoms with E-state index >= 15 is 0 Å². The van der Waals surface area contributed by atoms with E-state index < -0.39 is 12.0 Å². The predicted molar refractivity (Wildman–Crippen MR) is 122 cm³/mol. The molecular formula is C24H27FN4O3. The number of methoxy groups -OCH3 is 1. The molecule has 3 aromatic rings. The Hall–Kier alpha value is -3.68. The Balaban J connectivity index is 1.91. The van der Waals surface area contributed by atoms with E-state index in [1.165, 1.54) is 12.1 Å². The van der Waals surface area contributed by atoms with Crippen LogP contribution in [0.4, 0.5) is 21.8 Å². The Morgan fingerprint density at radius 2 is 1.88 bits per heavy atom. The third kappa shape index (κ3) is 6.66. The molecule has 3 N–H and O–H groups in total. The van der Waals surface area contributed by atoms with Gasteiger partial charge in [-0.2, -0.15) is 4.98 Å². The molecular weight excluding hydrogens is 411 g/mol. The summed E-state index contributed by atoms with van der Waals surface area (Å²) in [6, 6.07) is 14.6. The summed E-state index contributed by atoms with van der Waals surface area (Å²) in [6.45, 7) is 3.91. The minimum atomic E-state index is -0.970. The molecule has 0 fully saturated rings. The highest BCUT2D eigenvalue weighted by Gasteiger charge is 2.20. The van der Waals surface area contributed by atoms with Gasteiger partial charge in [0.05, 0.1) is 12.8 Å². The van der Waals surface area contributed by atoms with Gasteiger partial charge in [0.25, 0.3) is 0 Å². The van der Waals surface area contributed by atoms with Crippen LogP contribution in [-0.2, 0) is 11.2 Å². The van der Waals surface area contributed by atoms with Crippen LogP contribution >= 0.6 is 0 Å². The maximum Gasteiger partial charge on any atom is 0.326 e. The van der Waals surface area contributed by atoms with Crippen molar-refractivity contribution in [3.8, 4) is 5.75 Å². The van der Waals surface area contributed by atoms with Gasteiger partial charge in [-0.1, -0.05) is 32.0 Å². The molecule has 3 rings (SSSR count). The molecule has 0 unspecified atom stereocenters. The number of ether oxygens (including phenoxy) is 1. The zero-order valence-corrected chi connectivity index (χ0v) is 18.3. The van der Waals surface area contributed by atoms with Crippen LogP contribution in [0.15, 0.2) is 54.6 Å². The molecule has 32 heavy (non-hydrogen) atoms. The third-order valence-electron chi connectivity index (χ3n) is 4.73. The number of carboxylic acid groups (broad SMARTS) is 1. The summed E-state index contributed by atoms with van der Waals surface area (Å²) in [7, 11) is 1.61. The molecule has 2 aromatic carbocycles. The number of anilines is 3. The van der Waals surface area contributed by atoms with E-state index in [4.69, 9.17) is 4.74 Å². The Morgan fingerprint density at radius 3 is 2.50 bits per heavy atom. The summed E-state index contributed by atoms with van der Waals surface area (Å²) in [5.74, 6) is 0.223. The van der Waals surface area contributed by atoms with Gasteiger partial charge in [-0.25, -0.2) is 14.2 Å². The highest BCUT2D eigenvalue weighted by atomic mass is 19.1. The Kier molecular flexibility index (Phi) is 7.59. The van der Waals surface area contributed by atoms with E-state index in [9.17, 15) is 14.3 Å². The van der Waals surface area contributed by atoms with Crippen LogP contribution in [0.25, 0.3) is 0 Å². The number of halogens is 1. The lowest BCUT2D eigenvalue weighted by atomic mass is 10.0. The van der Waals surface area contributed by atoms with Crippen LogP contribution in [0.5, 0.6) is 5.75 Å². The zero-order valence-electron chi connectivity index (χ0n) is 18.3. The van der Waals surface area contributed by atoms with Crippen molar-refractivity contribution in [2.45, 2.75) is 32.7 Å². The van der Waals surface area contributed by atoms with E-state index in [0.29, 0.717) is 30.0 Å². The highest BCUT2D eigenvalue weighted by molar-refractivity contribution is 5.76. The van der Waals surface area contributed by atoms with E-state index in [-0.39, 0.29) is 17.7 Å². The Labute approximate surface area is 186 Å². The highest BCUT2D eigenvalue weighted by Crippen LogP contribution is 2.21. The second-order valence-electron chi connectivity index (χ2n) is 7.89. The number of benzene rings is 2. The topological polar surface area (TPSA) is 96.4 Å². The molecule has 8 heteroatoms. The number of carbonyl (C=O) groups is 1. The van der Waals surface area contributed by atoms with Gasteiger partial charge in [-0.15, -0.1) is 0 Å². The molecule has 0 saturated carbocycles. The van der Waals surface area contributed by atoms with Gasteiger partial charge in [0.1, 0.15) is 23.4 Å². The molecule has 7 nitrogen and oxygen atoms in total. The summed E-state index contributed by atoms with van der Waals surface area (Å²) in [6.07, 6.45) is 0.926. The molecule has 0 bridgehead atoms. The van der Waals surface area contributed by atoms with Crippen molar-refractivity contribution in [3.05, 3.63) is 71.7 Å². The van der Waals surface area contributed by atoms with Crippen LogP contribution in [0.1, 0.15) is 31.5 Å². The van der Waals surface area contributed by atoms with Gasteiger partial charge in [-0.05, 0) is 48.2 Å². The largest absolute Gasteiger partial charge is 0.497 e. The van der Waals surface area contributed by atoms with E-state index in [1.54, 1.807) is 25.3 Å². The molecule has 0 aliphatic heterocycles. The Bertz CT molecular complexity index is 1060. The van der Waals surface area contributed by atoms with Crippen molar-refractivity contribution in [2.24, 2.45) is 5.92 Å². The molecule has 168 valence electrons. The number of hydrogen-bond donors (Lipinski definition) is 3. The maximum absolute atomic E-state index is 13.6. The average Bonchev–Trinajstić information content (AvgIpc) is 2.73. The summed E-state index contributed by atoms with van der Waals surface area (Å²) < 4.78 is 18.8. The van der Waals surface area contributed by atoms with Gasteiger partial charge in [0, 0.05) is 18.2 Å². The van der Waals surface area contributed by atoms with Crippen molar-refractivity contribution in [1.82, 2.24) is 9.97 Å². The van der Waals surface area contributed by atoms with Crippen molar-refractivity contribution in [3.63, 3.8) is 0 Å². The van der Waals surface area contributed by atoms with Crippen molar-refractivity contribution in [2.75, 3.05) is 17.7 Å². The SMILES string of the molecule is COc1ccc(Cc2cc(Nc3cccc(F)c3)nc(N[C@@H](CC(C)C)C(=O)O)n2)cc1. The second kappa shape index (κ2) is 10.6. The lowest BCUT2D eigenvalue weighted by molar-refractivity contribution is -0.138. The van der Waals surface area contributed by atoms with Crippen LogP contribution < -0.4 is 15.4 Å². The summed E-state index contributed by atoms with van der Waals surface area (Å²) in [5, 5.41) is 15.6. The fraction of sp³-hybridized carbons (Fsp3) is 0.292. The first-order valence-electron chi connectivity index (χ1n) is 10.3. The molecule has 0 radical (unpaired) electrons. The van der Waals surface area contributed by atoms with Crippen LogP contribution in [0, 0.1) is 11.7 Å². The predicted octanol–water partition coefficient (Wildman–Crippen LogP) is 4.87. The summed E-state index contributed by atoms with van der Waals surface area (Å²) >= 11 is 0. The van der Waals surface area contributed by atoms with Crippen molar-refractivity contribution >= 4 is 23.4 Å². The number of carboxylic acids is 1. The molecule has 0 aliphatic rings. The lowest BCUT2D eigenvalue weighted by Gasteiger charge is -2.18. The van der Waals surface area contributed by atoms with Crippen LogP contribution in [0.2, 0.25) is 0 Å². The molecule has 1 heterocycles. The first-order valence-corrected chi connectivity index (χ1v) is 10.3. The minimum Gasteiger partial charge on any atom is -0.497 e. The first kappa shape index (κ1) is 23.0. The van der Waals surface area contributed by atoms with Crippen molar-refractivity contribution < 1.29 is 19.0 Å². The minimum absolute atomic E-state index is 0.177. The number of rotatable bonds is 10. The number of hydrogen-bond acceptors (Lipinski definition) is 6. The number of aliphatic carboxylic acids is 1. The molecule has 0 amide bonds. The fourth-order valence-corrected chi connectivity index (χ4v) is 3.23. The van der Waals surface area contributed by atoms with E-state index in [1.807, 2.05) is 38.1 Å².